The standard InChI is InChI=1S/C16H23NO4/c1-20-9-10-21-8-4-7-17-12-14-6-3-2-5-13(14)11-15(17)16(18)19/h2-3,5-6,15H,4,7-12H2,1H3,(H,18,19). The van der Waals surface area contributed by atoms with E-state index in [1.54, 1.807) is 7.11 Å². The summed E-state index contributed by atoms with van der Waals surface area (Å²) in [6.45, 7) is 3.24. The minimum Gasteiger partial charge on any atom is -0.480 e. The zero-order chi connectivity index (χ0) is 15.1. The lowest BCUT2D eigenvalue weighted by atomic mass is 9.94. The summed E-state index contributed by atoms with van der Waals surface area (Å²) in [7, 11) is 1.64. The quantitative estimate of drug-likeness (QED) is 0.737. The first-order valence-corrected chi connectivity index (χ1v) is 7.32. The Labute approximate surface area is 125 Å². The Morgan fingerprint density at radius 2 is 2.05 bits per heavy atom. The maximum Gasteiger partial charge on any atom is 0.321 e. The van der Waals surface area contributed by atoms with Gasteiger partial charge < -0.3 is 14.6 Å². The van der Waals surface area contributed by atoms with Crippen molar-refractivity contribution in [2.24, 2.45) is 0 Å². The lowest BCUT2D eigenvalue weighted by Crippen LogP contribution is -2.46. The third-order valence-corrected chi connectivity index (χ3v) is 3.80. The van der Waals surface area contributed by atoms with E-state index in [1.165, 1.54) is 5.56 Å². The number of carboxylic acids is 1. The predicted molar refractivity (Wildman–Crippen MR) is 79.3 cm³/mol. The maximum absolute atomic E-state index is 11.5. The van der Waals surface area contributed by atoms with E-state index in [2.05, 4.69) is 6.07 Å². The first-order valence-electron chi connectivity index (χ1n) is 7.32. The van der Waals surface area contributed by atoms with Crippen molar-refractivity contribution in [2.45, 2.75) is 25.4 Å². The fourth-order valence-electron chi connectivity index (χ4n) is 2.67. The summed E-state index contributed by atoms with van der Waals surface area (Å²) in [6.07, 6.45) is 1.41. The molecular weight excluding hydrogens is 270 g/mol. The fourth-order valence-corrected chi connectivity index (χ4v) is 2.67. The number of hydrogen-bond acceptors (Lipinski definition) is 4. The summed E-state index contributed by atoms with van der Waals surface area (Å²) in [5.74, 6) is -0.746. The van der Waals surface area contributed by atoms with Crippen LogP contribution < -0.4 is 0 Å². The van der Waals surface area contributed by atoms with Crippen molar-refractivity contribution in [2.75, 3.05) is 33.5 Å². The van der Waals surface area contributed by atoms with Crippen LogP contribution in [-0.2, 0) is 27.2 Å². The summed E-state index contributed by atoms with van der Waals surface area (Å²) < 4.78 is 10.3. The lowest BCUT2D eigenvalue weighted by molar-refractivity contribution is -0.144. The van der Waals surface area contributed by atoms with Gasteiger partial charge in [-0.3, -0.25) is 9.69 Å². The van der Waals surface area contributed by atoms with E-state index in [1.807, 2.05) is 23.1 Å². The van der Waals surface area contributed by atoms with Crippen LogP contribution in [-0.4, -0.2) is 55.5 Å². The molecule has 116 valence electrons. The zero-order valence-corrected chi connectivity index (χ0v) is 12.5. The molecule has 1 aromatic rings. The molecule has 5 heteroatoms. The number of hydrogen-bond donors (Lipinski definition) is 1. The van der Waals surface area contributed by atoms with Crippen LogP contribution in [0, 0.1) is 0 Å². The van der Waals surface area contributed by atoms with Crippen LogP contribution in [0.2, 0.25) is 0 Å². The summed E-state index contributed by atoms with van der Waals surface area (Å²) in [6, 6.07) is 7.65. The van der Waals surface area contributed by atoms with E-state index in [4.69, 9.17) is 9.47 Å². The molecule has 1 aliphatic rings. The lowest BCUT2D eigenvalue weighted by Gasteiger charge is -2.34. The second-order valence-corrected chi connectivity index (χ2v) is 5.26. The predicted octanol–water partition coefficient (Wildman–Crippen LogP) is 1.55. The molecule has 1 atom stereocenters. The Bertz CT molecular complexity index is 463. The minimum atomic E-state index is -0.746. The number of benzene rings is 1. The van der Waals surface area contributed by atoms with Gasteiger partial charge in [-0.2, -0.15) is 0 Å². The molecule has 0 bridgehead atoms. The van der Waals surface area contributed by atoms with E-state index < -0.39 is 12.0 Å². The topological polar surface area (TPSA) is 59.0 Å². The Morgan fingerprint density at radius 1 is 1.29 bits per heavy atom. The van der Waals surface area contributed by atoms with E-state index in [0.29, 0.717) is 32.8 Å². The van der Waals surface area contributed by atoms with Crippen LogP contribution in [0.25, 0.3) is 0 Å². The maximum atomic E-state index is 11.5. The van der Waals surface area contributed by atoms with Crippen molar-refractivity contribution >= 4 is 5.97 Å². The largest absolute Gasteiger partial charge is 0.480 e. The van der Waals surface area contributed by atoms with Crippen molar-refractivity contribution < 1.29 is 19.4 Å². The molecule has 1 aliphatic heterocycles. The van der Waals surface area contributed by atoms with Gasteiger partial charge in [0.1, 0.15) is 6.04 Å². The summed E-state index contributed by atoms with van der Waals surface area (Å²) >= 11 is 0. The van der Waals surface area contributed by atoms with Crippen LogP contribution in [0.5, 0.6) is 0 Å². The highest BCUT2D eigenvalue weighted by Crippen LogP contribution is 2.23. The van der Waals surface area contributed by atoms with Gasteiger partial charge in [0.05, 0.1) is 13.2 Å². The highest BCUT2D eigenvalue weighted by atomic mass is 16.5. The van der Waals surface area contributed by atoms with E-state index in [9.17, 15) is 9.90 Å². The first-order chi connectivity index (χ1) is 10.2. The molecule has 0 aliphatic carbocycles. The van der Waals surface area contributed by atoms with Gasteiger partial charge >= 0.3 is 5.97 Å². The van der Waals surface area contributed by atoms with Crippen LogP contribution in [0.1, 0.15) is 17.5 Å². The molecule has 0 aromatic heterocycles. The van der Waals surface area contributed by atoms with Crippen LogP contribution in [0.15, 0.2) is 24.3 Å². The number of carbonyl (C=O) groups is 1. The number of carboxylic acid groups (broad SMARTS) is 1. The molecule has 0 fully saturated rings. The van der Waals surface area contributed by atoms with Crippen LogP contribution >= 0.6 is 0 Å². The highest BCUT2D eigenvalue weighted by Gasteiger charge is 2.30. The number of methoxy groups -OCH3 is 1. The highest BCUT2D eigenvalue weighted by molar-refractivity contribution is 5.74. The normalized spacial score (nSPS) is 18.4. The molecule has 0 saturated heterocycles. The van der Waals surface area contributed by atoms with Crippen LogP contribution in [0.4, 0.5) is 0 Å². The van der Waals surface area contributed by atoms with Crippen LogP contribution in [0.3, 0.4) is 0 Å². The Kier molecular flexibility index (Phi) is 6.17. The summed E-state index contributed by atoms with van der Waals surface area (Å²) in [5.41, 5.74) is 2.38. The second kappa shape index (κ2) is 8.12. The third-order valence-electron chi connectivity index (χ3n) is 3.80. The Balaban J connectivity index is 1.87. The minimum absolute atomic E-state index is 0.432. The molecule has 5 nitrogen and oxygen atoms in total. The molecule has 1 aromatic carbocycles. The smallest absolute Gasteiger partial charge is 0.321 e. The molecule has 0 amide bonds. The summed E-state index contributed by atoms with van der Waals surface area (Å²) in [5, 5.41) is 9.42. The summed E-state index contributed by atoms with van der Waals surface area (Å²) in [4.78, 5) is 13.5. The SMILES string of the molecule is COCCOCCCN1Cc2ccccc2CC1C(=O)O. The monoisotopic (exact) mass is 293 g/mol. The number of nitrogens with zero attached hydrogens (tertiary/aromatic N) is 1. The molecule has 2 rings (SSSR count). The van der Waals surface area contributed by atoms with E-state index >= 15 is 0 Å². The molecular formula is C16H23NO4. The van der Waals surface area contributed by atoms with E-state index in [0.717, 1.165) is 18.5 Å². The first kappa shape index (κ1) is 15.9. The number of rotatable bonds is 8. The average Bonchev–Trinajstić information content (AvgIpc) is 2.49. The van der Waals surface area contributed by atoms with Gasteiger partial charge in [-0.25, -0.2) is 0 Å². The van der Waals surface area contributed by atoms with Crippen molar-refractivity contribution in [3.8, 4) is 0 Å². The van der Waals surface area contributed by atoms with Gasteiger partial charge in [0, 0.05) is 26.8 Å². The van der Waals surface area contributed by atoms with Gasteiger partial charge in [0.25, 0.3) is 0 Å². The molecule has 0 spiro atoms. The molecule has 1 heterocycles. The Morgan fingerprint density at radius 3 is 2.76 bits per heavy atom. The molecule has 21 heavy (non-hydrogen) atoms. The van der Waals surface area contributed by atoms with Gasteiger partial charge in [-0.15, -0.1) is 0 Å². The molecule has 1 N–H and O–H groups in total. The number of ether oxygens (including phenoxy) is 2. The fraction of sp³-hybridized carbons (Fsp3) is 0.562. The van der Waals surface area contributed by atoms with Gasteiger partial charge in [-0.1, -0.05) is 24.3 Å². The average molecular weight is 293 g/mol. The van der Waals surface area contributed by atoms with E-state index in [-0.39, 0.29) is 0 Å². The van der Waals surface area contributed by atoms with Crippen molar-refractivity contribution in [1.82, 2.24) is 4.90 Å². The molecule has 1 unspecified atom stereocenters. The van der Waals surface area contributed by atoms with Crippen molar-refractivity contribution in [3.05, 3.63) is 35.4 Å². The molecule has 0 saturated carbocycles. The Hall–Kier alpha value is -1.43. The molecule has 0 radical (unpaired) electrons. The van der Waals surface area contributed by atoms with Crippen molar-refractivity contribution in [1.29, 1.82) is 0 Å². The van der Waals surface area contributed by atoms with Gasteiger partial charge in [-0.05, 0) is 24.0 Å². The third kappa shape index (κ3) is 4.52. The van der Waals surface area contributed by atoms with Gasteiger partial charge in [0.2, 0.25) is 0 Å². The number of fused-ring (bicyclic) bond motifs is 1. The second-order valence-electron chi connectivity index (χ2n) is 5.26. The van der Waals surface area contributed by atoms with Gasteiger partial charge in [0.15, 0.2) is 0 Å². The zero-order valence-electron chi connectivity index (χ0n) is 12.5. The number of aliphatic carboxylic acids is 1. The van der Waals surface area contributed by atoms with Crippen molar-refractivity contribution in [3.63, 3.8) is 0 Å².